The molecule has 3 heterocycles. The van der Waals surface area contributed by atoms with Crippen LogP contribution in [0.1, 0.15) is 29.6 Å². The van der Waals surface area contributed by atoms with Gasteiger partial charge < -0.3 is 14.0 Å². The van der Waals surface area contributed by atoms with E-state index < -0.39 is 15.9 Å². The van der Waals surface area contributed by atoms with Crippen molar-refractivity contribution in [3.8, 4) is 11.5 Å². The van der Waals surface area contributed by atoms with Crippen LogP contribution in [0.15, 0.2) is 58.9 Å². The number of sulfonamides is 1. The van der Waals surface area contributed by atoms with Crippen LogP contribution in [0, 0.1) is 0 Å². The highest BCUT2D eigenvalue weighted by molar-refractivity contribution is 7.89. The Morgan fingerprint density at radius 3 is 2.41 bits per heavy atom. The largest absolute Gasteiger partial charge is 0.486 e. The number of hydrogen-bond acceptors (Lipinski definition) is 6. The normalized spacial score (nSPS) is 17.1. The van der Waals surface area contributed by atoms with Crippen LogP contribution in [0.4, 0.5) is 0 Å². The first kappa shape index (κ1) is 22.8. The van der Waals surface area contributed by atoms with Crippen LogP contribution in [-0.4, -0.2) is 49.5 Å². The number of rotatable bonds is 5. The number of thiazole rings is 1. The van der Waals surface area contributed by atoms with E-state index in [-0.39, 0.29) is 4.90 Å². The summed E-state index contributed by atoms with van der Waals surface area (Å²) in [4.78, 5) is 18.0. The van der Waals surface area contributed by atoms with Gasteiger partial charge in [0.1, 0.15) is 13.2 Å². The third-order valence-electron chi connectivity index (χ3n) is 5.91. The van der Waals surface area contributed by atoms with E-state index in [1.165, 1.54) is 39.9 Å². The molecule has 1 saturated heterocycles. The molecule has 0 radical (unpaired) electrons. The Kier molecular flexibility index (Phi) is 6.28. The molecule has 5 rings (SSSR count). The summed E-state index contributed by atoms with van der Waals surface area (Å²) in [7, 11) is -3.55. The smallest absolute Gasteiger partial charge is 0.279 e. The van der Waals surface area contributed by atoms with Crippen molar-refractivity contribution in [2.75, 3.05) is 26.3 Å². The lowest BCUT2D eigenvalue weighted by Gasteiger charge is -2.25. The van der Waals surface area contributed by atoms with Gasteiger partial charge in [0, 0.05) is 37.3 Å². The number of hydrogen-bond donors (Lipinski definition) is 0. The molecular weight excluding hydrogens is 474 g/mol. The first-order valence-electron chi connectivity index (χ1n) is 11.2. The number of carbonyl (C=O) groups excluding carboxylic acids is 1. The van der Waals surface area contributed by atoms with Gasteiger partial charge in [0.2, 0.25) is 10.0 Å². The minimum absolute atomic E-state index is 0.195. The number of ether oxygens (including phenoxy) is 2. The summed E-state index contributed by atoms with van der Waals surface area (Å²) in [6, 6.07) is 9.81. The highest BCUT2D eigenvalue weighted by Crippen LogP contribution is 2.35. The standard InChI is InChI=1S/C24H25N3O5S2/c1-2-10-27-19-15-20-21(32-14-13-31-20)16-22(19)33-24(27)25-23(28)17-6-8-18(9-7-17)34(29,30)26-11-4-3-5-12-26/h2,6-9,15-16H,1,3-5,10-14H2. The van der Waals surface area contributed by atoms with Crippen molar-refractivity contribution in [1.82, 2.24) is 8.87 Å². The third kappa shape index (κ3) is 4.28. The first-order valence-corrected chi connectivity index (χ1v) is 13.5. The van der Waals surface area contributed by atoms with E-state index in [0.29, 0.717) is 54.7 Å². The number of benzene rings is 2. The zero-order chi connectivity index (χ0) is 23.7. The van der Waals surface area contributed by atoms with Crippen LogP contribution in [0.2, 0.25) is 0 Å². The van der Waals surface area contributed by atoms with Gasteiger partial charge in [-0.1, -0.05) is 23.8 Å². The first-order chi connectivity index (χ1) is 16.5. The quantitative estimate of drug-likeness (QED) is 0.501. The molecule has 2 aromatic carbocycles. The van der Waals surface area contributed by atoms with Crippen molar-refractivity contribution in [3.05, 3.63) is 59.4 Å². The van der Waals surface area contributed by atoms with Crippen molar-refractivity contribution < 1.29 is 22.7 Å². The van der Waals surface area contributed by atoms with Crippen LogP contribution in [-0.2, 0) is 16.6 Å². The second-order valence-corrected chi connectivity index (χ2v) is 11.1. The minimum Gasteiger partial charge on any atom is -0.486 e. The number of aromatic nitrogens is 1. The third-order valence-corrected chi connectivity index (χ3v) is 8.86. The van der Waals surface area contributed by atoms with Crippen molar-refractivity contribution >= 4 is 37.5 Å². The fourth-order valence-electron chi connectivity index (χ4n) is 4.17. The van der Waals surface area contributed by atoms with E-state index in [0.717, 1.165) is 29.5 Å². The summed E-state index contributed by atoms with van der Waals surface area (Å²) >= 11 is 1.38. The molecule has 34 heavy (non-hydrogen) atoms. The average molecular weight is 500 g/mol. The van der Waals surface area contributed by atoms with Crippen LogP contribution in [0.25, 0.3) is 10.2 Å². The van der Waals surface area contributed by atoms with Gasteiger partial charge in [0.25, 0.3) is 5.91 Å². The summed E-state index contributed by atoms with van der Waals surface area (Å²) < 4.78 is 41.4. The maximum Gasteiger partial charge on any atom is 0.279 e. The molecule has 0 bridgehead atoms. The van der Waals surface area contributed by atoms with Crippen molar-refractivity contribution in [2.24, 2.45) is 4.99 Å². The zero-order valence-electron chi connectivity index (χ0n) is 18.6. The highest BCUT2D eigenvalue weighted by Gasteiger charge is 2.26. The molecule has 3 aromatic rings. The number of carbonyl (C=O) groups is 1. The SMILES string of the molecule is C=CCn1c(=NC(=O)c2ccc(S(=O)(=O)N3CCCCC3)cc2)sc2cc3c(cc21)OCCO3. The Morgan fingerprint density at radius 1 is 1.06 bits per heavy atom. The van der Waals surface area contributed by atoms with Crippen LogP contribution < -0.4 is 14.3 Å². The van der Waals surface area contributed by atoms with Gasteiger partial charge in [0.15, 0.2) is 16.3 Å². The number of piperidine rings is 1. The molecule has 2 aliphatic heterocycles. The number of nitrogens with zero attached hydrogens (tertiary/aromatic N) is 3. The number of allylic oxidation sites excluding steroid dienone is 1. The summed E-state index contributed by atoms with van der Waals surface area (Å²) in [5, 5.41) is 0. The lowest BCUT2D eigenvalue weighted by Crippen LogP contribution is -2.35. The predicted molar refractivity (Wildman–Crippen MR) is 130 cm³/mol. The average Bonchev–Trinajstić information content (AvgIpc) is 3.19. The van der Waals surface area contributed by atoms with Crippen LogP contribution in [0.3, 0.4) is 0 Å². The molecule has 0 spiro atoms. The molecule has 0 N–H and O–H groups in total. The van der Waals surface area contributed by atoms with Gasteiger partial charge in [-0.05, 0) is 37.1 Å². The van der Waals surface area contributed by atoms with Gasteiger partial charge in [-0.25, -0.2) is 8.42 Å². The maximum atomic E-state index is 13.0. The van der Waals surface area contributed by atoms with Crippen LogP contribution >= 0.6 is 11.3 Å². The molecule has 10 heteroatoms. The minimum atomic E-state index is -3.55. The van der Waals surface area contributed by atoms with Crippen molar-refractivity contribution in [2.45, 2.75) is 30.7 Å². The Balaban J connectivity index is 1.47. The van der Waals surface area contributed by atoms with Gasteiger partial charge in [-0.15, -0.1) is 6.58 Å². The number of amides is 1. The lowest BCUT2D eigenvalue weighted by atomic mass is 10.2. The molecule has 1 fully saturated rings. The Morgan fingerprint density at radius 2 is 1.74 bits per heavy atom. The summed E-state index contributed by atoms with van der Waals surface area (Å²) in [6.07, 6.45) is 4.53. The topological polar surface area (TPSA) is 90.2 Å². The van der Waals surface area contributed by atoms with E-state index in [4.69, 9.17) is 9.47 Å². The van der Waals surface area contributed by atoms with E-state index >= 15 is 0 Å². The maximum absolute atomic E-state index is 13.0. The van der Waals surface area contributed by atoms with Crippen molar-refractivity contribution in [1.29, 1.82) is 0 Å². The van der Waals surface area contributed by atoms with Gasteiger partial charge in [0.05, 0.1) is 15.1 Å². The summed E-state index contributed by atoms with van der Waals surface area (Å²) in [5.74, 6) is 0.899. The van der Waals surface area contributed by atoms with E-state index in [1.54, 1.807) is 6.08 Å². The highest BCUT2D eigenvalue weighted by atomic mass is 32.2. The molecule has 178 valence electrons. The second-order valence-electron chi connectivity index (χ2n) is 8.15. The summed E-state index contributed by atoms with van der Waals surface area (Å²) in [6.45, 7) is 6.35. The number of fused-ring (bicyclic) bond motifs is 2. The molecule has 8 nitrogen and oxygen atoms in total. The van der Waals surface area contributed by atoms with Gasteiger partial charge >= 0.3 is 0 Å². The Bertz CT molecular complexity index is 1420. The molecule has 0 atom stereocenters. The van der Waals surface area contributed by atoms with Crippen LogP contribution in [0.5, 0.6) is 11.5 Å². The fraction of sp³-hybridized carbons (Fsp3) is 0.333. The molecule has 1 aromatic heterocycles. The van der Waals surface area contributed by atoms with Crippen molar-refractivity contribution in [3.63, 3.8) is 0 Å². The molecular formula is C24H25N3O5S2. The molecule has 0 saturated carbocycles. The predicted octanol–water partition coefficient (Wildman–Crippen LogP) is 3.58. The Labute approximate surface area is 201 Å². The molecule has 1 amide bonds. The van der Waals surface area contributed by atoms with Gasteiger partial charge in [-0.2, -0.15) is 9.30 Å². The van der Waals surface area contributed by atoms with E-state index in [2.05, 4.69) is 11.6 Å². The van der Waals surface area contributed by atoms with E-state index in [1.807, 2.05) is 16.7 Å². The molecule has 2 aliphatic rings. The fourth-order valence-corrected chi connectivity index (χ4v) is 6.74. The molecule has 0 aliphatic carbocycles. The molecule has 0 unspecified atom stereocenters. The summed E-state index contributed by atoms with van der Waals surface area (Å²) in [5.41, 5.74) is 1.20. The zero-order valence-corrected chi connectivity index (χ0v) is 20.2. The monoisotopic (exact) mass is 499 g/mol. The van der Waals surface area contributed by atoms with Gasteiger partial charge in [-0.3, -0.25) is 4.79 Å². The van der Waals surface area contributed by atoms with E-state index in [9.17, 15) is 13.2 Å². The lowest BCUT2D eigenvalue weighted by molar-refractivity contribution is 0.0997. The Hall–Kier alpha value is -2.95. The second kappa shape index (κ2) is 9.36.